The van der Waals surface area contributed by atoms with E-state index in [2.05, 4.69) is 25.2 Å². The van der Waals surface area contributed by atoms with Gasteiger partial charge in [-0.2, -0.15) is 0 Å². The van der Waals surface area contributed by atoms with E-state index >= 15 is 0 Å². The number of primary amides is 2. The number of carbonyl (C=O) groups is 3. The molecule has 5 N–H and O–H groups in total. The van der Waals surface area contributed by atoms with E-state index in [0.29, 0.717) is 22.4 Å². The van der Waals surface area contributed by atoms with Gasteiger partial charge in [-0.15, -0.1) is 11.3 Å². The molecule has 3 amide bonds. The van der Waals surface area contributed by atoms with Crippen LogP contribution in [0, 0.1) is 11.8 Å². The Balaban J connectivity index is 2.28. The van der Waals surface area contributed by atoms with Gasteiger partial charge in [0.15, 0.2) is 5.78 Å². The van der Waals surface area contributed by atoms with Crippen molar-refractivity contribution in [3.63, 3.8) is 0 Å². The predicted octanol–water partition coefficient (Wildman–Crippen LogP) is 2.23. The minimum atomic E-state index is -0.899. The van der Waals surface area contributed by atoms with Crippen LogP contribution in [-0.4, -0.2) is 37.0 Å². The van der Waals surface area contributed by atoms with Gasteiger partial charge < -0.3 is 21.5 Å². The number of ether oxygens (including phenoxy) is 1. The molecule has 8 heteroatoms. The molecule has 0 spiro atoms. The fourth-order valence-electron chi connectivity index (χ4n) is 4.13. The van der Waals surface area contributed by atoms with Gasteiger partial charge in [0.1, 0.15) is 6.04 Å². The van der Waals surface area contributed by atoms with E-state index in [0.717, 1.165) is 11.1 Å². The summed E-state index contributed by atoms with van der Waals surface area (Å²) >= 11 is 1.33. The van der Waals surface area contributed by atoms with E-state index in [4.69, 9.17) is 16.2 Å². The zero-order chi connectivity index (χ0) is 20.6. The van der Waals surface area contributed by atoms with Gasteiger partial charge in [0.05, 0.1) is 11.7 Å². The molecule has 3 unspecified atom stereocenters. The third kappa shape index (κ3) is 3.62. The lowest BCUT2D eigenvalue weighted by Gasteiger charge is -2.38. The summed E-state index contributed by atoms with van der Waals surface area (Å²) in [5.41, 5.74) is 13.9. The maximum Gasteiger partial charge on any atom is 0.313 e. The number of allylic oxidation sites excluding steroid dienone is 2. The number of hydrogen-bond donors (Lipinski definition) is 3. The Hall–Kier alpha value is -2.45. The molecule has 2 aliphatic carbocycles. The van der Waals surface area contributed by atoms with E-state index in [1.54, 1.807) is 18.6 Å². The molecule has 3 atom stereocenters. The molecular formula is C20H25N3O4S. The third-order valence-corrected chi connectivity index (χ3v) is 6.36. The highest BCUT2D eigenvalue weighted by Crippen LogP contribution is 2.45. The Kier molecular flexibility index (Phi) is 5.71. The molecule has 0 radical (unpaired) electrons. The fraction of sp³-hybridized carbons (Fsp3) is 0.450. The molecule has 2 aliphatic rings. The molecule has 150 valence electrons. The van der Waals surface area contributed by atoms with Gasteiger partial charge in [-0.25, -0.2) is 4.79 Å². The number of nitrogens with one attached hydrogen (secondary N) is 1. The second-order valence-corrected chi connectivity index (χ2v) is 8.38. The molecule has 0 aliphatic heterocycles. The van der Waals surface area contributed by atoms with Crippen LogP contribution in [0.2, 0.25) is 0 Å². The first kappa shape index (κ1) is 20.3. The van der Waals surface area contributed by atoms with Crippen LogP contribution in [0.15, 0.2) is 28.7 Å². The molecule has 1 aromatic rings. The summed E-state index contributed by atoms with van der Waals surface area (Å²) in [6, 6.07) is -0.0471. The number of carbonyl (C=O) groups excluding carboxylic acids is 3. The van der Waals surface area contributed by atoms with Crippen LogP contribution in [0.1, 0.15) is 41.9 Å². The van der Waals surface area contributed by atoms with Crippen LogP contribution in [0.3, 0.4) is 0 Å². The van der Waals surface area contributed by atoms with Crippen molar-refractivity contribution in [3.8, 4) is 0 Å². The first-order chi connectivity index (χ1) is 13.2. The molecule has 1 aromatic heterocycles. The Labute approximate surface area is 167 Å². The first-order valence-electron chi connectivity index (χ1n) is 9.19. The maximum atomic E-state index is 12.9. The number of urea groups is 1. The van der Waals surface area contributed by atoms with Gasteiger partial charge in [-0.3, -0.25) is 9.59 Å². The lowest BCUT2D eigenvalue weighted by atomic mass is 9.70. The molecule has 3 rings (SSSR count). The molecule has 7 nitrogen and oxygen atoms in total. The molecule has 1 heterocycles. The van der Waals surface area contributed by atoms with Crippen molar-refractivity contribution in [3.05, 3.63) is 39.1 Å². The lowest BCUT2D eigenvalue weighted by molar-refractivity contribution is -0.120. The molecular weight excluding hydrogens is 378 g/mol. The van der Waals surface area contributed by atoms with Gasteiger partial charge in [-0.05, 0) is 40.8 Å². The second kappa shape index (κ2) is 7.89. The topological polar surface area (TPSA) is 125 Å². The standard InChI is InChI=1S/C20H25N3O4S/c1-9(2)12-8-13-10(7-15(12)27-3)6-14(24)17(23-20(22)26)16(13)18-11(19(21)25)4-5-28-18/h4-5,8-10,15,17H,6-7H2,1-3H3,(H2,21,25)(H3,22,23,26). The number of hydrogen-bond acceptors (Lipinski definition) is 5. The van der Waals surface area contributed by atoms with Crippen molar-refractivity contribution in [1.29, 1.82) is 0 Å². The highest BCUT2D eigenvalue weighted by atomic mass is 32.1. The van der Waals surface area contributed by atoms with E-state index in [1.165, 1.54) is 11.3 Å². The number of nitrogens with two attached hydrogens (primary N) is 2. The minimum absolute atomic E-state index is 0.0521. The first-order valence-corrected chi connectivity index (χ1v) is 10.1. The largest absolute Gasteiger partial charge is 0.377 e. The van der Waals surface area contributed by atoms with E-state index < -0.39 is 18.0 Å². The van der Waals surface area contributed by atoms with Crippen LogP contribution in [-0.2, 0) is 9.53 Å². The quantitative estimate of drug-likeness (QED) is 0.697. The molecule has 0 bridgehead atoms. The number of thiophene rings is 1. The van der Waals surface area contributed by atoms with Crippen LogP contribution in [0.25, 0.3) is 5.57 Å². The number of fused-ring (bicyclic) bond motifs is 1. The van der Waals surface area contributed by atoms with Crippen LogP contribution in [0.4, 0.5) is 4.79 Å². The Bertz CT molecular complexity index is 884. The summed E-state index contributed by atoms with van der Waals surface area (Å²) in [5, 5.41) is 4.32. The summed E-state index contributed by atoms with van der Waals surface area (Å²) in [4.78, 5) is 37.0. The van der Waals surface area contributed by atoms with Gasteiger partial charge in [0.2, 0.25) is 5.91 Å². The third-order valence-electron chi connectivity index (χ3n) is 5.41. The summed E-state index contributed by atoms with van der Waals surface area (Å²) < 4.78 is 5.67. The van der Waals surface area contributed by atoms with Crippen molar-refractivity contribution in [2.24, 2.45) is 23.3 Å². The normalized spacial score (nSPS) is 24.8. The Morgan fingerprint density at radius 3 is 2.61 bits per heavy atom. The van der Waals surface area contributed by atoms with Crippen LogP contribution < -0.4 is 16.8 Å². The van der Waals surface area contributed by atoms with Crippen molar-refractivity contribution in [2.75, 3.05) is 7.11 Å². The van der Waals surface area contributed by atoms with E-state index in [-0.39, 0.29) is 30.1 Å². The van der Waals surface area contributed by atoms with Gasteiger partial charge in [0.25, 0.3) is 0 Å². The van der Waals surface area contributed by atoms with Crippen LogP contribution >= 0.6 is 11.3 Å². The van der Waals surface area contributed by atoms with Gasteiger partial charge in [0, 0.05) is 24.0 Å². The molecule has 0 saturated carbocycles. The van der Waals surface area contributed by atoms with E-state index in [1.807, 2.05) is 0 Å². The maximum absolute atomic E-state index is 12.9. The summed E-state index contributed by atoms with van der Waals surface area (Å²) in [7, 11) is 1.67. The van der Waals surface area contributed by atoms with Gasteiger partial charge in [-0.1, -0.05) is 19.9 Å². The Morgan fingerprint density at radius 2 is 2.04 bits per heavy atom. The fourth-order valence-corrected chi connectivity index (χ4v) is 5.13. The number of Topliss-reactive ketones (excluding diaryl/α,β-unsaturated/α-hetero) is 1. The predicted molar refractivity (Wildman–Crippen MR) is 108 cm³/mol. The Morgan fingerprint density at radius 1 is 1.32 bits per heavy atom. The molecule has 28 heavy (non-hydrogen) atoms. The van der Waals surface area contributed by atoms with Crippen molar-refractivity contribution in [1.82, 2.24) is 5.32 Å². The SMILES string of the molecule is COC1CC2CC(=O)C(NC(N)=O)C(c3sccc3C(N)=O)=C2C=C1C(C)C. The average molecular weight is 404 g/mol. The van der Waals surface area contributed by atoms with Crippen molar-refractivity contribution in [2.45, 2.75) is 38.8 Å². The molecule has 0 aromatic carbocycles. The second-order valence-electron chi connectivity index (χ2n) is 7.46. The highest BCUT2D eigenvalue weighted by Gasteiger charge is 2.41. The van der Waals surface area contributed by atoms with Gasteiger partial charge >= 0.3 is 6.03 Å². The van der Waals surface area contributed by atoms with Crippen molar-refractivity contribution < 1.29 is 19.1 Å². The van der Waals surface area contributed by atoms with Crippen LogP contribution in [0.5, 0.6) is 0 Å². The van der Waals surface area contributed by atoms with Crippen molar-refractivity contribution >= 4 is 34.6 Å². The highest BCUT2D eigenvalue weighted by molar-refractivity contribution is 7.11. The number of ketones is 1. The number of amides is 3. The zero-order valence-electron chi connectivity index (χ0n) is 16.2. The summed E-state index contributed by atoms with van der Waals surface area (Å²) in [5.74, 6) is -0.513. The molecule has 0 fully saturated rings. The minimum Gasteiger partial charge on any atom is -0.377 e. The monoisotopic (exact) mass is 403 g/mol. The average Bonchev–Trinajstić information content (AvgIpc) is 3.10. The smallest absolute Gasteiger partial charge is 0.313 e. The van der Waals surface area contributed by atoms with E-state index in [9.17, 15) is 14.4 Å². The zero-order valence-corrected chi connectivity index (χ0v) is 17.0. The summed E-state index contributed by atoms with van der Waals surface area (Å²) in [6.45, 7) is 4.18. The summed E-state index contributed by atoms with van der Waals surface area (Å²) in [6.07, 6.45) is 2.95. The number of methoxy groups -OCH3 is 1. The molecule has 0 saturated heterocycles. The number of rotatable bonds is 5. The lowest BCUT2D eigenvalue weighted by Crippen LogP contribution is -2.48.